The van der Waals surface area contributed by atoms with Crippen molar-refractivity contribution in [3.05, 3.63) is 27.7 Å². The summed E-state index contributed by atoms with van der Waals surface area (Å²) in [5.41, 5.74) is 0.856. The van der Waals surface area contributed by atoms with Gasteiger partial charge in [0.1, 0.15) is 12.4 Å². The maximum atomic E-state index is 12.7. The van der Waals surface area contributed by atoms with E-state index in [1.807, 2.05) is 4.90 Å². The number of halogens is 2. The zero-order chi connectivity index (χ0) is 18.8. The van der Waals surface area contributed by atoms with Gasteiger partial charge < -0.3 is 19.3 Å². The van der Waals surface area contributed by atoms with E-state index in [1.165, 1.54) is 7.11 Å². The Morgan fingerprint density at radius 3 is 2.77 bits per heavy atom. The molecule has 6 nitrogen and oxygen atoms in total. The van der Waals surface area contributed by atoms with Crippen LogP contribution in [0.4, 0.5) is 0 Å². The number of rotatable bonds is 4. The van der Waals surface area contributed by atoms with Crippen LogP contribution < -0.4 is 4.74 Å². The van der Waals surface area contributed by atoms with E-state index in [2.05, 4.69) is 0 Å². The second kappa shape index (κ2) is 8.03. The number of carbonyl (C=O) groups excluding carboxylic acids is 2. The van der Waals surface area contributed by atoms with E-state index in [9.17, 15) is 9.59 Å². The third kappa shape index (κ3) is 3.63. The highest BCUT2D eigenvalue weighted by atomic mass is 35.5. The van der Waals surface area contributed by atoms with E-state index in [4.69, 9.17) is 32.7 Å². The summed E-state index contributed by atoms with van der Waals surface area (Å²) >= 11 is 12.6. The molecule has 2 aliphatic rings. The van der Waals surface area contributed by atoms with Crippen molar-refractivity contribution < 1.29 is 19.1 Å². The third-order valence-corrected chi connectivity index (χ3v) is 5.95. The highest BCUT2D eigenvalue weighted by Crippen LogP contribution is 2.44. The Balaban J connectivity index is 1.79. The minimum atomic E-state index is -0.155. The van der Waals surface area contributed by atoms with Crippen molar-refractivity contribution in [1.82, 2.24) is 9.80 Å². The average molecular weight is 401 g/mol. The van der Waals surface area contributed by atoms with Crippen molar-refractivity contribution >= 4 is 35.0 Å². The number of hydrogen-bond donors (Lipinski definition) is 0. The molecule has 2 atom stereocenters. The molecule has 0 aliphatic carbocycles. The highest BCUT2D eigenvalue weighted by molar-refractivity contribution is 6.42. The van der Waals surface area contributed by atoms with Crippen LogP contribution in [0.25, 0.3) is 0 Å². The lowest BCUT2D eigenvalue weighted by Crippen LogP contribution is -2.41. The third-order valence-electron chi connectivity index (χ3n) is 5.13. The summed E-state index contributed by atoms with van der Waals surface area (Å²) in [6.07, 6.45) is 1.51. The first-order chi connectivity index (χ1) is 12.5. The zero-order valence-electron chi connectivity index (χ0n) is 14.8. The molecule has 0 unspecified atom stereocenters. The molecule has 1 aromatic rings. The zero-order valence-corrected chi connectivity index (χ0v) is 16.3. The van der Waals surface area contributed by atoms with Crippen LogP contribution in [0.3, 0.4) is 0 Å². The fraction of sp³-hybridized carbons (Fsp3) is 0.556. The van der Waals surface area contributed by atoms with Crippen molar-refractivity contribution in [2.45, 2.75) is 24.8 Å². The number of amides is 2. The molecule has 2 amide bonds. The monoisotopic (exact) mass is 400 g/mol. The van der Waals surface area contributed by atoms with Crippen LogP contribution >= 0.6 is 23.2 Å². The Morgan fingerprint density at radius 2 is 2.08 bits per heavy atom. The van der Waals surface area contributed by atoms with Gasteiger partial charge in [-0.05, 0) is 25.0 Å². The molecular formula is C18H22Cl2N2O4. The summed E-state index contributed by atoms with van der Waals surface area (Å²) in [6.45, 7) is 1.18. The summed E-state index contributed by atoms with van der Waals surface area (Å²) < 4.78 is 10.4. The van der Waals surface area contributed by atoms with Gasteiger partial charge in [-0.2, -0.15) is 0 Å². The van der Waals surface area contributed by atoms with Crippen LogP contribution in [0.15, 0.2) is 12.1 Å². The molecule has 26 heavy (non-hydrogen) atoms. The van der Waals surface area contributed by atoms with Gasteiger partial charge in [-0.25, -0.2) is 0 Å². The van der Waals surface area contributed by atoms with Gasteiger partial charge in [0, 0.05) is 37.7 Å². The Morgan fingerprint density at radius 1 is 1.31 bits per heavy atom. The Hall–Kier alpha value is -1.50. The first-order valence-electron chi connectivity index (χ1n) is 8.54. The van der Waals surface area contributed by atoms with Crippen LogP contribution in [-0.2, 0) is 14.3 Å². The smallest absolute Gasteiger partial charge is 0.249 e. The van der Waals surface area contributed by atoms with Crippen molar-refractivity contribution in [1.29, 1.82) is 0 Å². The molecule has 1 aromatic carbocycles. The average Bonchev–Trinajstić information content (AvgIpc) is 2.98. The van der Waals surface area contributed by atoms with E-state index in [1.54, 1.807) is 24.1 Å². The van der Waals surface area contributed by atoms with Crippen LogP contribution in [0.2, 0.25) is 10.0 Å². The Kier molecular flexibility index (Phi) is 5.95. The van der Waals surface area contributed by atoms with Gasteiger partial charge in [0.15, 0.2) is 0 Å². The summed E-state index contributed by atoms with van der Waals surface area (Å²) in [6, 6.07) is 3.59. The van der Waals surface area contributed by atoms with Crippen LogP contribution in [0.1, 0.15) is 24.3 Å². The van der Waals surface area contributed by atoms with Gasteiger partial charge in [-0.3, -0.25) is 9.59 Å². The summed E-state index contributed by atoms with van der Waals surface area (Å²) in [5.74, 6) is 0.549. The molecule has 2 fully saturated rings. The van der Waals surface area contributed by atoms with E-state index < -0.39 is 0 Å². The van der Waals surface area contributed by atoms with Gasteiger partial charge in [-0.1, -0.05) is 23.2 Å². The molecule has 2 heterocycles. The van der Waals surface area contributed by atoms with Gasteiger partial charge in [0.25, 0.3) is 0 Å². The van der Waals surface area contributed by atoms with Crippen molar-refractivity contribution in [3.8, 4) is 5.75 Å². The molecule has 0 bridgehead atoms. The van der Waals surface area contributed by atoms with Gasteiger partial charge >= 0.3 is 0 Å². The number of methoxy groups -OCH3 is 2. The number of nitrogens with zero attached hydrogens (tertiary/aromatic N) is 2. The molecule has 2 aliphatic heterocycles. The van der Waals surface area contributed by atoms with Gasteiger partial charge in [0.2, 0.25) is 11.8 Å². The number of hydrogen-bond acceptors (Lipinski definition) is 4. The maximum absolute atomic E-state index is 12.7. The van der Waals surface area contributed by atoms with E-state index in [-0.39, 0.29) is 36.9 Å². The minimum Gasteiger partial charge on any atom is -0.496 e. The lowest BCUT2D eigenvalue weighted by Gasteiger charge is -2.22. The number of benzene rings is 1. The molecule has 142 valence electrons. The largest absolute Gasteiger partial charge is 0.496 e. The maximum Gasteiger partial charge on any atom is 0.249 e. The molecule has 3 rings (SSSR count). The van der Waals surface area contributed by atoms with Crippen molar-refractivity contribution in [2.24, 2.45) is 0 Å². The van der Waals surface area contributed by atoms with Gasteiger partial charge in [-0.15, -0.1) is 0 Å². The topological polar surface area (TPSA) is 59.1 Å². The normalized spacial score (nSPS) is 23.0. The van der Waals surface area contributed by atoms with Gasteiger partial charge in [0.05, 0.1) is 23.7 Å². The Bertz CT molecular complexity index is 713. The standard InChI is InChI=1S/C18H22Cl2N2O4/c1-25-10-16(24)21-6-5-12-7-11(8-22(12)15(23)9-21)17-14(26-2)4-3-13(19)18(17)20/h3-4,11-12H,5-10H2,1-2H3/t11-,12+/m0/s1. The molecule has 0 spiro atoms. The van der Waals surface area contributed by atoms with Crippen LogP contribution in [0, 0.1) is 0 Å². The lowest BCUT2D eigenvalue weighted by molar-refractivity contribution is -0.141. The first-order valence-corrected chi connectivity index (χ1v) is 9.29. The predicted molar refractivity (Wildman–Crippen MR) is 98.9 cm³/mol. The first kappa shape index (κ1) is 19.3. The molecule has 2 saturated heterocycles. The molecule has 0 radical (unpaired) electrons. The second-order valence-electron chi connectivity index (χ2n) is 6.65. The van der Waals surface area contributed by atoms with Crippen molar-refractivity contribution in [3.63, 3.8) is 0 Å². The molecule has 0 saturated carbocycles. The minimum absolute atomic E-state index is 0.00407. The predicted octanol–water partition coefficient (Wildman–Crippen LogP) is 2.57. The lowest BCUT2D eigenvalue weighted by atomic mass is 9.94. The summed E-state index contributed by atoms with van der Waals surface area (Å²) in [7, 11) is 3.07. The number of carbonyl (C=O) groups is 2. The quantitative estimate of drug-likeness (QED) is 0.778. The highest BCUT2D eigenvalue weighted by Gasteiger charge is 2.40. The fourth-order valence-electron chi connectivity index (χ4n) is 3.88. The molecular weight excluding hydrogens is 379 g/mol. The van der Waals surface area contributed by atoms with Crippen LogP contribution in [0.5, 0.6) is 5.75 Å². The summed E-state index contributed by atoms with van der Waals surface area (Å²) in [5, 5.41) is 0.963. The fourth-order valence-corrected chi connectivity index (χ4v) is 4.35. The molecule has 0 aromatic heterocycles. The Labute approximate surface area is 162 Å². The number of ether oxygens (including phenoxy) is 2. The summed E-state index contributed by atoms with van der Waals surface area (Å²) in [4.78, 5) is 28.2. The van der Waals surface area contributed by atoms with E-state index in [0.717, 1.165) is 18.4 Å². The van der Waals surface area contributed by atoms with E-state index in [0.29, 0.717) is 28.9 Å². The molecule has 8 heteroatoms. The van der Waals surface area contributed by atoms with E-state index >= 15 is 0 Å². The van der Waals surface area contributed by atoms with Crippen molar-refractivity contribution in [2.75, 3.05) is 40.5 Å². The van der Waals surface area contributed by atoms with Crippen LogP contribution in [-0.4, -0.2) is 68.1 Å². The molecule has 0 N–H and O–H groups in total. The number of fused-ring (bicyclic) bond motifs is 1. The second-order valence-corrected chi connectivity index (χ2v) is 7.43. The SMILES string of the molecule is COCC(=O)N1CC[C@@H]2C[C@H](c3c(OC)ccc(Cl)c3Cl)CN2C(=O)C1.